The first-order valence-electron chi connectivity index (χ1n) is 7.28. The summed E-state index contributed by atoms with van der Waals surface area (Å²) in [6, 6.07) is 9.46. The van der Waals surface area contributed by atoms with Crippen LogP contribution in [-0.4, -0.2) is 38.9 Å². The fourth-order valence-corrected chi connectivity index (χ4v) is 2.63. The van der Waals surface area contributed by atoms with Crippen molar-refractivity contribution in [3.63, 3.8) is 0 Å². The van der Waals surface area contributed by atoms with Crippen LogP contribution >= 0.6 is 0 Å². The Balaban J connectivity index is 2.25. The average Bonchev–Trinajstić information content (AvgIpc) is 2.88. The summed E-state index contributed by atoms with van der Waals surface area (Å²) in [4.78, 5) is 17.0. The van der Waals surface area contributed by atoms with Crippen molar-refractivity contribution >= 4 is 16.8 Å². The van der Waals surface area contributed by atoms with Crippen LogP contribution in [-0.2, 0) is 11.3 Å². The number of nitriles is 1. The molecular formula is C16H16N4O3. The molecule has 0 fully saturated rings. The van der Waals surface area contributed by atoms with Gasteiger partial charge in [0, 0.05) is 6.54 Å². The number of fused-ring (bicyclic) bond motifs is 3. The van der Waals surface area contributed by atoms with Crippen LogP contribution in [0.4, 0.5) is 0 Å². The van der Waals surface area contributed by atoms with E-state index in [1.807, 2.05) is 34.9 Å². The number of rotatable bonds is 5. The van der Waals surface area contributed by atoms with E-state index in [0.717, 1.165) is 11.0 Å². The number of aliphatic hydroxyl groups is 1. The van der Waals surface area contributed by atoms with Crippen LogP contribution in [0.2, 0.25) is 0 Å². The highest BCUT2D eigenvalue weighted by atomic mass is 16.5. The number of benzene rings is 1. The van der Waals surface area contributed by atoms with Gasteiger partial charge in [-0.1, -0.05) is 12.1 Å². The molecular weight excluding hydrogens is 296 g/mol. The zero-order valence-electron chi connectivity index (χ0n) is 12.7. The molecule has 0 atom stereocenters. The maximum absolute atomic E-state index is 12.6. The highest BCUT2D eigenvalue weighted by Crippen LogP contribution is 2.19. The van der Waals surface area contributed by atoms with Crippen LogP contribution < -0.4 is 5.56 Å². The molecule has 1 aromatic carbocycles. The molecule has 7 nitrogen and oxygen atoms in total. The van der Waals surface area contributed by atoms with Crippen LogP contribution in [0.1, 0.15) is 11.3 Å². The van der Waals surface area contributed by atoms with E-state index in [0.29, 0.717) is 24.5 Å². The third-order valence-corrected chi connectivity index (χ3v) is 3.75. The monoisotopic (exact) mass is 312 g/mol. The van der Waals surface area contributed by atoms with E-state index in [1.54, 1.807) is 6.92 Å². The van der Waals surface area contributed by atoms with Crippen LogP contribution in [0.25, 0.3) is 16.8 Å². The lowest BCUT2D eigenvalue weighted by Gasteiger charge is -2.06. The van der Waals surface area contributed by atoms with E-state index >= 15 is 0 Å². The molecule has 3 aromatic rings. The van der Waals surface area contributed by atoms with Gasteiger partial charge in [-0.2, -0.15) is 5.26 Å². The molecule has 7 heteroatoms. The van der Waals surface area contributed by atoms with E-state index in [9.17, 15) is 10.1 Å². The molecule has 0 aliphatic carbocycles. The topological polar surface area (TPSA) is 92.6 Å². The van der Waals surface area contributed by atoms with E-state index in [-0.39, 0.29) is 24.5 Å². The van der Waals surface area contributed by atoms with Crippen molar-refractivity contribution in [1.29, 1.82) is 5.26 Å². The van der Waals surface area contributed by atoms with Crippen LogP contribution in [0, 0.1) is 18.3 Å². The van der Waals surface area contributed by atoms with Gasteiger partial charge in [0.2, 0.25) is 5.78 Å². The first kappa shape index (κ1) is 15.2. The first-order valence-corrected chi connectivity index (χ1v) is 7.28. The highest BCUT2D eigenvalue weighted by molar-refractivity contribution is 5.80. The van der Waals surface area contributed by atoms with Gasteiger partial charge in [0.25, 0.3) is 5.56 Å². The van der Waals surface area contributed by atoms with Crippen molar-refractivity contribution in [3.05, 3.63) is 45.9 Å². The largest absolute Gasteiger partial charge is 0.394 e. The standard InChI is InChI=1S/C16H16N4O3/c1-11-12(10-17)18-16-19(6-8-23-9-7-21)13-4-2-3-5-14(13)20(16)15(11)22/h2-5,21H,6-9H2,1H3. The molecule has 23 heavy (non-hydrogen) atoms. The van der Waals surface area contributed by atoms with Gasteiger partial charge in [0.05, 0.1) is 36.4 Å². The molecule has 0 bridgehead atoms. The quantitative estimate of drug-likeness (QED) is 0.705. The molecule has 0 radical (unpaired) electrons. The Bertz CT molecular complexity index is 965. The number of ether oxygens (including phenoxy) is 1. The van der Waals surface area contributed by atoms with Gasteiger partial charge in [-0.05, 0) is 19.1 Å². The van der Waals surface area contributed by atoms with E-state index < -0.39 is 0 Å². The molecule has 0 spiro atoms. The van der Waals surface area contributed by atoms with Gasteiger partial charge in [0.15, 0.2) is 5.69 Å². The third kappa shape index (κ3) is 2.48. The Morgan fingerprint density at radius 1 is 1.30 bits per heavy atom. The number of aliphatic hydroxyl groups excluding tert-OH is 1. The molecule has 0 aliphatic rings. The Kier molecular flexibility index (Phi) is 4.10. The molecule has 0 saturated heterocycles. The number of para-hydroxylation sites is 2. The van der Waals surface area contributed by atoms with Gasteiger partial charge < -0.3 is 14.4 Å². The van der Waals surface area contributed by atoms with Crippen LogP contribution in [0.5, 0.6) is 0 Å². The maximum atomic E-state index is 12.6. The van der Waals surface area contributed by atoms with E-state index in [1.165, 1.54) is 4.40 Å². The number of imidazole rings is 1. The lowest BCUT2D eigenvalue weighted by molar-refractivity contribution is 0.0879. The normalized spacial score (nSPS) is 11.2. The minimum Gasteiger partial charge on any atom is -0.394 e. The van der Waals surface area contributed by atoms with Crippen LogP contribution in [0.15, 0.2) is 29.1 Å². The number of hydrogen-bond donors (Lipinski definition) is 1. The number of nitrogens with zero attached hydrogens (tertiary/aromatic N) is 4. The third-order valence-electron chi connectivity index (χ3n) is 3.75. The molecule has 118 valence electrons. The minimum atomic E-state index is -0.238. The first-order chi connectivity index (χ1) is 11.2. The Morgan fingerprint density at radius 2 is 2.04 bits per heavy atom. The van der Waals surface area contributed by atoms with E-state index in [2.05, 4.69) is 4.98 Å². The summed E-state index contributed by atoms with van der Waals surface area (Å²) >= 11 is 0. The number of hydrogen-bond acceptors (Lipinski definition) is 5. The smallest absolute Gasteiger partial charge is 0.263 e. The highest BCUT2D eigenvalue weighted by Gasteiger charge is 2.16. The summed E-state index contributed by atoms with van der Waals surface area (Å²) in [5.41, 5.74) is 1.83. The Labute approximate surface area is 132 Å². The fourth-order valence-electron chi connectivity index (χ4n) is 2.63. The zero-order chi connectivity index (χ0) is 16.4. The molecule has 0 amide bonds. The molecule has 0 saturated carbocycles. The summed E-state index contributed by atoms with van der Waals surface area (Å²) < 4.78 is 8.69. The van der Waals surface area contributed by atoms with Gasteiger partial charge in [-0.15, -0.1) is 0 Å². The SMILES string of the molecule is Cc1c(C#N)nc2n(CCOCCO)c3ccccc3n2c1=O. The summed E-state index contributed by atoms with van der Waals surface area (Å²) in [7, 11) is 0. The zero-order valence-corrected chi connectivity index (χ0v) is 12.7. The second-order valence-electron chi connectivity index (χ2n) is 5.11. The van der Waals surface area contributed by atoms with Crippen molar-refractivity contribution in [3.8, 4) is 6.07 Å². The molecule has 1 N–H and O–H groups in total. The van der Waals surface area contributed by atoms with Crippen molar-refractivity contribution in [2.75, 3.05) is 19.8 Å². The summed E-state index contributed by atoms with van der Waals surface area (Å²) in [5.74, 6) is 0.422. The Hall–Kier alpha value is -2.69. The van der Waals surface area contributed by atoms with Gasteiger partial charge in [0.1, 0.15) is 6.07 Å². The molecule has 0 unspecified atom stereocenters. The Morgan fingerprint density at radius 3 is 2.74 bits per heavy atom. The predicted molar refractivity (Wildman–Crippen MR) is 84.3 cm³/mol. The number of aromatic nitrogens is 3. The lowest BCUT2D eigenvalue weighted by Crippen LogP contribution is -2.20. The lowest BCUT2D eigenvalue weighted by atomic mass is 10.2. The molecule has 2 heterocycles. The fraction of sp³-hybridized carbons (Fsp3) is 0.312. The molecule has 0 aliphatic heterocycles. The van der Waals surface area contributed by atoms with Gasteiger partial charge in [-0.25, -0.2) is 9.38 Å². The van der Waals surface area contributed by atoms with Crippen LogP contribution in [0.3, 0.4) is 0 Å². The van der Waals surface area contributed by atoms with Crippen molar-refractivity contribution in [2.45, 2.75) is 13.5 Å². The second kappa shape index (κ2) is 6.20. The van der Waals surface area contributed by atoms with E-state index in [4.69, 9.17) is 9.84 Å². The predicted octanol–water partition coefficient (Wildman–Crippen LogP) is 0.838. The average molecular weight is 312 g/mol. The van der Waals surface area contributed by atoms with Crippen molar-refractivity contribution in [2.24, 2.45) is 0 Å². The van der Waals surface area contributed by atoms with Crippen molar-refractivity contribution < 1.29 is 9.84 Å². The summed E-state index contributed by atoms with van der Waals surface area (Å²) in [6.45, 7) is 2.67. The van der Waals surface area contributed by atoms with Crippen molar-refractivity contribution in [1.82, 2.24) is 14.0 Å². The molecule has 3 rings (SSSR count). The minimum absolute atomic E-state index is 0.0390. The summed E-state index contributed by atoms with van der Waals surface area (Å²) in [5, 5.41) is 18.0. The van der Waals surface area contributed by atoms with Gasteiger partial charge >= 0.3 is 0 Å². The second-order valence-corrected chi connectivity index (χ2v) is 5.11. The molecule has 2 aromatic heterocycles. The van der Waals surface area contributed by atoms with Gasteiger partial charge in [-0.3, -0.25) is 4.79 Å². The maximum Gasteiger partial charge on any atom is 0.263 e. The summed E-state index contributed by atoms with van der Waals surface area (Å²) in [6.07, 6.45) is 0.